The summed E-state index contributed by atoms with van der Waals surface area (Å²) >= 11 is 2.40. The molecule has 2 saturated heterocycles. The van der Waals surface area contributed by atoms with Crippen LogP contribution in [-0.4, -0.2) is 41.9 Å². The smallest absolute Gasteiger partial charge is 0.171 e. The van der Waals surface area contributed by atoms with E-state index in [1.54, 1.807) is 5.57 Å². The van der Waals surface area contributed by atoms with Crippen molar-refractivity contribution in [2.24, 2.45) is 17.3 Å². The average molecular weight is 589 g/mol. The van der Waals surface area contributed by atoms with Crippen molar-refractivity contribution < 1.29 is 19.3 Å². The Morgan fingerprint density at radius 3 is 2.46 bits per heavy atom. The molecule has 1 aromatic carbocycles. The number of hydrogen-bond acceptors (Lipinski definition) is 4. The minimum Gasteiger partial charge on any atom is -0.385 e. The summed E-state index contributed by atoms with van der Waals surface area (Å²) in [5, 5.41) is 12.2. The molecule has 6 aliphatic rings. The third kappa shape index (κ3) is 3.17. The monoisotopic (exact) mass is 588 g/mol. The minimum absolute atomic E-state index is 0.0754. The molecule has 0 bridgehead atoms. The van der Waals surface area contributed by atoms with Crippen molar-refractivity contribution >= 4 is 22.6 Å². The molecule has 4 aliphatic carbocycles. The van der Waals surface area contributed by atoms with Gasteiger partial charge in [0.2, 0.25) is 0 Å². The zero-order valence-corrected chi connectivity index (χ0v) is 22.9. The van der Waals surface area contributed by atoms with Crippen molar-refractivity contribution in [2.45, 2.75) is 87.6 Å². The minimum atomic E-state index is -0.812. The summed E-state index contributed by atoms with van der Waals surface area (Å²) in [7, 11) is 0. The van der Waals surface area contributed by atoms with Gasteiger partial charge in [0, 0.05) is 27.7 Å². The number of halogens is 1. The molecule has 188 valence electrons. The molecule has 4 nitrogen and oxygen atoms in total. The van der Waals surface area contributed by atoms with Crippen LogP contribution in [0.4, 0.5) is 0 Å². The zero-order chi connectivity index (χ0) is 24.1. The molecule has 2 spiro atoms. The fraction of sp³-hybridized carbons (Fsp3) is 0.667. The topological polar surface area (TPSA) is 47.9 Å². The highest BCUT2D eigenvalue weighted by molar-refractivity contribution is 14.1. The van der Waals surface area contributed by atoms with Crippen LogP contribution in [0, 0.1) is 20.8 Å². The van der Waals surface area contributed by atoms with E-state index in [-0.39, 0.29) is 11.0 Å². The van der Waals surface area contributed by atoms with Gasteiger partial charge >= 0.3 is 0 Å². The maximum atomic E-state index is 12.2. The van der Waals surface area contributed by atoms with E-state index in [1.807, 2.05) is 0 Å². The third-order valence-electron chi connectivity index (χ3n) is 10.9. The lowest BCUT2D eigenvalue weighted by atomic mass is 9.49. The van der Waals surface area contributed by atoms with Crippen molar-refractivity contribution in [2.75, 3.05) is 19.8 Å². The van der Waals surface area contributed by atoms with Crippen LogP contribution in [0.15, 0.2) is 47.6 Å². The summed E-state index contributed by atoms with van der Waals surface area (Å²) in [4.78, 5) is 0. The Morgan fingerprint density at radius 1 is 0.971 bits per heavy atom. The summed E-state index contributed by atoms with van der Waals surface area (Å²) in [6.07, 6.45) is 8.52. The lowest BCUT2D eigenvalue weighted by Gasteiger charge is -2.58. The predicted octanol–water partition coefficient (Wildman–Crippen LogP) is 6.27. The van der Waals surface area contributed by atoms with Gasteiger partial charge in [0.05, 0.1) is 31.0 Å². The van der Waals surface area contributed by atoms with Gasteiger partial charge < -0.3 is 19.3 Å². The van der Waals surface area contributed by atoms with E-state index in [0.717, 1.165) is 51.6 Å². The van der Waals surface area contributed by atoms with Crippen LogP contribution in [0.2, 0.25) is 0 Å². The standard InChI is InChI=1S/C30H37IO4/c1-19-10-14-35-30(19)13-9-24-22-7-11-28(32)18-29(33-15-16-34-29)12-8-25(28)26(22)23(17-27(24,30)2)20-3-5-21(31)6-4-20/h3-6,22-24,32H,1,7-18H2,2H3/t22-,23+,24-,27-,28+,30-/m0/s1. The van der Waals surface area contributed by atoms with Crippen molar-refractivity contribution in [3.63, 3.8) is 0 Å². The van der Waals surface area contributed by atoms with Crippen LogP contribution in [-0.2, 0) is 14.2 Å². The van der Waals surface area contributed by atoms with Crippen molar-refractivity contribution in [3.05, 3.63) is 56.7 Å². The van der Waals surface area contributed by atoms with Crippen LogP contribution in [0.25, 0.3) is 0 Å². The maximum absolute atomic E-state index is 12.2. The Morgan fingerprint density at radius 2 is 1.74 bits per heavy atom. The fourth-order valence-corrected chi connectivity index (χ4v) is 9.82. The quantitative estimate of drug-likeness (QED) is 0.310. The van der Waals surface area contributed by atoms with Gasteiger partial charge in [0.1, 0.15) is 0 Å². The van der Waals surface area contributed by atoms with E-state index in [1.165, 1.54) is 26.7 Å². The molecular formula is C30H37IO4. The van der Waals surface area contributed by atoms with Gasteiger partial charge in [-0.1, -0.05) is 31.2 Å². The number of hydrogen-bond donors (Lipinski definition) is 1. The SMILES string of the molecule is C=C1CCO[C@@]12CC[C@H]1[C@@H]3CC[C@@]4(O)CC5(CCC4=C3[C@@H](c3ccc(I)cc3)C[C@@]12C)OCCO5. The fourth-order valence-electron chi connectivity index (χ4n) is 9.47. The average Bonchev–Trinajstić information content (AvgIpc) is 3.52. The number of benzene rings is 1. The first-order valence-corrected chi connectivity index (χ1v) is 14.7. The number of rotatable bonds is 1. The lowest BCUT2D eigenvalue weighted by Crippen LogP contribution is -2.55. The molecule has 0 aromatic heterocycles. The molecule has 7 rings (SSSR count). The van der Waals surface area contributed by atoms with E-state index in [2.05, 4.69) is 60.4 Å². The summed E-state index contributed by atoms with van der Waals surface area (Å²) in [5.41, 5.74) is 4.67. The highest BCUT2D eigenvalue weighted by Gasteiger charge is 2.67. The highest BCUT2D eigenvalue weighted by Crippen LogP contribution is 2.70. The zero-order valence-electron chi connectivity index (χ0n) is 20.8. The maximum Gasteiger partial charge on any atom is 0.171 e. The Hall–Kier alpha value is -0.730. The number of allylic oxidation sites excluding steroid dienone is 1. The molecule has 35 heavy (non-hydrogen) atoms. The highest BCUT2D eigenvalue weighted by atomic mass is 127. The van der Waals surface area contributed by atoms with Gasteiger partial charge in [0.25, 0.3) is 0 Å². The Kier molecular flexibility index (Phi) is 5.27. The molecule has 0 radical (unpaired) electrons. The molecule has 3 saturated carbocycles. The third-order valence-corrected chi connectivity index (χ3v) is 11.7. The van der Waals surface area contributed by atoms with E-state index in [4.69, 9.17) is 14.2 Å². The van der Waals surface area contributed by atoms with Gasteiger partial charge in [-0.3, -0.25) is 0 Å². The molecule has 0 amide bonds. The van der Waals surface area contributed by atoms with Crippen LogP contribution >= 0.6 is 22.6 Å². The van der Waals surface area contributed by atoms with Gasteiger partial charge in [-0.05, 0) is 108 Å². The Bertz CT molecular complexity index is 1090. The molecule has 6 atom stereocenters. The number of fused-ring (bicyclic) bond motifs is 5. The Balaban J connectivity index is 1.37. The summed E-state index contributed by atoms with van der Waals surface area (Å²) in [6, 6.07) is 9.14. The second kappa shape index (κ2) is 7.89. The summed E-state index contributed by atoms with van der Waals surface area (Å²) < 4.78 is 20.1. The van der Waals surface area contributed by atoms with E-state index < -0.39 is 11.4 Å². The largest absolute Gasteiger partial charge is 0.385 e. The second-order valence-electron chi connectivity index (χ2n) is 12.3. The molecule has 1 N–H and O–H groups in total. The van der Waals surface area contributed by atoms with Crippen molar-refractivity contribution in [3.8, 4) is 0 Å². The van der Waals surface area contributed by atoms with Crippen molar-refractivity contribution in [1.82, 2.24) is 0 Å². The first-order valence-electron chi connectivity index (χ1n) is 13.6. The van der Waals surface area contributed by atoms with Gasteiger partial charge in [-0.15, -0.1) is 0 Å². The molecule has 2 heterocycles. The summed E-state index contributed by atoms with van der Waals surface area (Å²) in [6.45, 7) is 9.16. The van der Waals surface area contributed by atoms with E-state index >= 15 is 0 Å². The van der Waals surface area contributed by atoms with Crippen LogP contribution < -0.4 is 0 Å². The van der Waals surface area contributed by atoms with E-state index in [0.29, 0.717) is 37.4 Å². The van der Waals surface area contributed by atoms with Crippen molar-refractivity contribution in [1.29, 1.82) is 0 Å². The predicted molar refractivity (Wildman–Crippen MR) is 143 cm³/mol. The lowest BCUT2D eigenvalue weighted by molar-refractivity contribution is -0.208. The first-order chi connectivity index (χ1) is 16.8. The van der Waals surface area contributed by atoms with Gasteiger partial charge in [0.15, 0.2) is 5.79 Å². The number of aliphatic hydroxyl groups is 1. The van der Waals surface area contributed by atoms with Crippen LogP contribution in [0.5, 0.6) is 0 Å². The van der Waals surface area contributed by atoms with E-state index in [9.17, 15) is 5.11 Å². The number of ether oxygens (including phenoxy) is 3. The molecule has 5 fully saturated rings. The first kappa shape index (κ1) is 23.4. The molecule has 2 aliphatic heterocycles. The molecule has 5 heteroatoms. The molecule has 1 aromatic rings. The van der Waals surface area contributed by atoms with Gasteiger partial charge in [-0.2, -0.15) is 0 Å². The van der Waals surface area contributed by atoms with Crippen LogP contribution in [0.1, 0.15) is 76.2 Å². The molecule has 0 unspecified atom stereocenters. The second-order valence-corrected chi connectivity index (χ2v) is 13.5. The van der Waals surface area contributed by atoms with Crippen LogP contribution in [0.3, 0.4) is 0 Å². The van der Waals surface area contributed by atoms with Gasteiger partial charge in [-0.25, -0.2) is 0 Å². The molecular weight excluding hydrogens is 551 g/mol. The summed E-state index contributed by atoms with van der Waals surface area (Å²) in [5.74, 6) is 0.815. The normalized spacial score (nSPS) is 44.1. The Labute approximate surface area is 222 Å².